The lowest BCUT2D eigenvalue weighted by atomic mass is 9.78. The summed E-state index contributed by atoms with van der Waals surface area (Å²) in [4.78, 5) is 0. The standard InChI is InChI=1S/C24H32O2/c1-4-24(2,3)20-13-14-22(19-11-8-12-21(25)15-19)23(16-20)26-17-18-9-6-5-7-10-18/h5-7,9-10,13-14,16,19,21,25H,4,8,11-12,15,17H2,1-3H3/t19-,21+/m0/s1. The van der Waals surface area contributed by atoms with E-state index in [0.29, 0.717) is 12.5 Å². The van der Waals surface area contributed by atoms with E-state index in [1.54, 1.807) is 0 Å². The SMILES string of the molecule is CCC(C)(C)c1ccc([C@H]2CCC[C@@H](O)C2)c(OCc2ccccc2)c1. The van der Waals surface area contributed by atoms with Crippen LogP contribution in [0, 0.1) is 0 Å². The number of ether oxygens (including phenoxy) is 1. The van der Waals surface area contributed by atoms with Crippen molar-refractivity contribution in [1.82, 2.24) is 0 Å². The van der Waals surface area contributed by atoms with Crippen LogP contribution in [0.4, 0.5) is 0 Å². The highest BCUT2D eigenvalue weighted by atomic mass is 16.5. The lowest BCUT2D eigenvalue weighted by Crippen LogP contribution is -2.20. The van der Waals surface area contributed by atoms with Gasteiger partial charge in [0.1, 0.15) is 12.4 Å². The molecule has 0 amide bonds. The first kappa shape index (κ1) is 19.0. The molecule has 1 N–H and O–H groups in total. The van der Waals surface area contributed by atoms with Crippen LogP contribution in [0.15, 0.2) is 48.5 Å². The fraction of sp³-hybridized carbons (Fsp3) is 0.500. The summed E-state index contributed by atoms with van der Waals surface area (Å²) in [6.07, 6.45) is 4.91. The molecule has 0 unspecified atom stereocenters. The van der Waals surface area contributed by atoms with Gasteiger partial charge < -0.3 is 9.84 Å². The van der Waals surface area contributed by atoms with Gasteiger partial charge in [0.15, 0.2) is 0 Å². The molecule has 0 saturated heterocycles. The molecule has 3 rings (SSSR count). The Hall–Kier alpha value is -1.80. The Morgan fingerprint density at radius 3 is 2.54 bits per heavy atom. The van der Waals surface area contributed by atoms with Gasteiger partial charge in [0.05, 0.1) is 6.10 Å². The van der Waals surface area contributed by atoms with Gasteiger partial charge in [0, 0.05) is 0 Å². The molecule has 0 bridgehead atoms. The Balaban J connectivity index is 1.89. The summed E-state index contributed by atoms with van der Waals surface area (Å²) in [5.41, 5.74) is 3.90. The first-order valence-corrected chi connectivity index (χ1v) is 9.99. The highest BCUT2D eigenvalue weighted by Gasteiger charge is 2.26. The maximum Gasteiger partial charge on any atom is 0.123 e. The summed E-state index contributed by atoms with van der Waals surface area (Å²) in [6, 6.07) is 17.1. The van der Waals surface area contributed by atoms with E-state index in [4.69, 9.17) is 4.74 Å². The molecular formula is C24H32O2. The third-order valence-electron chi connectivity index (χ3n) is 6.00. The van der Waals surface area contributed by atoms with Gasteiger partial charge in [-0.15, -0.1) is 0 Å². The molecule has 0 aromatic heterocycles. The maximum atomic E-state index is 10.1. The molecule has 0 spiro atoms. The van der Waals surface area contributed by atoms with E-state index < -0.39 is 0 Å². The van der Waals surface area contributed by atoms with Crippen LogP contribution in [0.1, 0.15) is 75.5 Å². The zero-order chi connectivity index (χ0) is 18.6. The summed E-state index contributed by atoms with van der Waals surface area (Å²) < 4.78 is 6.31. The van der Waals surface area contributed by atoms with Gasteiger partial charge in [0.25, 0.3) is 0 Å². The van der Waals surface area contributed by atoms with Gasteiger partial charge in [-0.1, -0.05) is 69.7 Å². The molecule has 0 radical (unpaired) electrons. The summed E-state index contributed by atoms with van der Waals surface area (Å²) in [6.45, 7) is 7.38. The topological polar surface area (TPSA) is 29.5 Å². The maximum absolute atomic E-state index is 10.1. The lowest BCUT2D eigenvalue weighted by Gasteiger charge is -2.30. The molecule has 140 valence electrons. The van der Waals surface area contributed by atoms with Crippen molar-refractivity contribution in [1.29, 1.82) is 0 Å². The fourth-order valence-electron chi connectivity index (χ4n) is 3.80. The fourth-order valence-corrected chi connectivity index (χ4v) is 3.80. The second-order valence-corrected chi connectivity index (χ2v) is 8.28. The van der Waals surface area contributed by atoms with Crippen LogP contribution in [0.3, 0.4) is 0 Å². The van der Waals surface area contributed by atoms with Gasteiger partial charge >= 0.3 is 0 Å². The van der Waals surface area contributed by atoms with Crippen molar-refractivity contribution >= 4 is 0 Å². The minimum Gasteiger partial charge on any atom is -0.489 e. The lowest BCUT2D eigenvalue weighted by molar-refractivity contribution is 0.118. The second kappa shape index (κ2) is 8.26. The molecule has 1 aliphatic carbocycles. The molecule has 2 aromatic rings. The van der Waals surface area contributed by atoms with Crippen LogP contribution in [-0.4, -0.2) is 11.2 Å². The molecule has 26 heavy (non-hydrogen) atoms. The van der Waals surface area contributed by atoms with Gasteiger partial charge in [-0.2, -0.15) is 0 Å². The van der Waals surface area contributed by atoms with E-state index in [1.807, 2.05) is 18.2 Å². The number of hydrogen-bond acceptors (Lipinski definition) is 2. The largest absolute Gasteiger partial charge is 0.489 e. The van der Waals surface area contributed by atoms with Gasteiger partial charge in [-0.3, -0.25) is 0 Å². The summed E-state index contributed by atoms with van der Waals surface area (Å²) in [5, 5.41) is 10.1. The molecule has 0 heterocycles. The predicted molar refractivity (Wildman–Crippen MR) is 108 cm³/mol. The molecule has 2 nitrogen and oxygen atoms in total. The minimum atomic E-state index is -0.178. The zero-order valence-corrected chi connectivity index (χ0v) is 16.4. The Morgan fingerprint density at radius 1 is 1.08 bits per heavy atom. The Bertz CT molecular complexity index is 705. The molecule has 1 aliphatic rings. The van der Waals surface area contributed by atoms with Crippen LogP contribution in [0.2, 0.25) is 0 Å². The zero-order valence-electron chi connectivity index (χ0n) is 16.4. The molecule has 2 aromatic carbocycles. The average Bonchev–Trinajstić information content (AvgIpc) is 2.67. The quantitative estimate of drug-likeness (QED) is 0.694. The van der Waals surface area contributed by atoms with E-state index >= 15 is 0 Å². The van der Waals surface area contributed by atoms with E-state index in [1.165, 1.54) is 16.7 Å². The van der Waals surface area contributed by atoms with Crippen molar-refractivity contribution in [3.8, 4) is 5.75 Å². The van der Waals surface area contributed by atoms with Crippen molar-refractivity contribution in [2.24, 2.45) is 0 Å². The van der Waals surface area contributed by atoms with Gasteiger partial charge in [-0.05, 0) is 59.8 Å². The van der Waals surface area contributed by atoms with Crippen molar-refractivity contribution in [2.75, 3.05) is 0 Å². The Morgan fingerprint density at radius 2 is 1.85 bits per heavy atom. The third kappa shape index (κ3) is 4.48. The van der Waals surface area contributed by atoms with E-state index in [-0.39, 0.29) is 11.5 Å². The van der Waals surface area contributed by atoms with E-state index in [9.17, 15) is 5.11 Å². The highest BCUT2D eigenvalue weighted by Crippen LogP contribution is 2.40. The van der Waals surface area contributed by atoms with E-state index in [0.717, 1.165) is 37.9 Å². The monoisotopic (exact) mass is 352 g/mol. The number of rotatable bonds is 6. The molecule has 1 saturated carbocycles. The number of hydrogen-bond donors (Lipinski definition) is 1. The summed E-state index contributed by atoms with van der Waals surface area (Å²) in [7, 11) is 0. The second-order valence-electron chi connectivity index (χ2n) is 8.28. The first-order chi connectivity index (χ1) is 12.5. The molecule has 2 heteroatoms. The highest BCUT2D eigenvalue weighted by molar-refractivity contribution is 5.43. The summed E-state index contributed by atoms with van der Waals surface area (Å²) in [5.74, 6) is 1.38. The normalized spacial score (nSPS) is 20.8. The Labute approximate surface area is 158 Å². The van der Waals surface area contributed by atoms with Crippen molar-refractivity contribution in [2.45, 2.75) is 76.9 Å². The van der Waals surface area contributed by atoms with Gasteiger partial charge in [-0.25, -0.2) is 0 Å². The number of aliphatic hydroxyl groups is 1. The minimum absolute atomic E-state index is 0.134. The van der Waals surface area contributed by atoms with E-state index in [2.05, 4.69) is 51.1 Å². The summed E-state index contributed by atoms with van der Waals surface area (Å²) >= 11 is 0. The van der Waals surface area contributed by atoms with Crippen molar-refractivity contribution in [3.05, 3.63) is 65.2 Å². The average molecular weight is 353 g/mol. The van der Waals surface area contributed by atoms with Crippen LogP contribution in [0.25, 0.3) is 0 Å². The Kier molecular flexibility index (Phi) is 6.03. The van der Waals surface area contributed by atoms with Crippen molar-refractivity contribution in [3.63, 3.8) is 0 Å². The predicted octanol–water partition coefficient (Wildman–Crippen LogP) is 5.97. The molecule has 0 aliphatic heterocycles. The first-order valence-electron chi connectivity index (χ1n) is 9.99. The smallest absolute Gasteiger partial charge is 0.123 e. The molecular weight excluding hydrogens is 320 g/mol. The van der Waals surface area contributed by atoms with Crippen LogP contribution < -0.4 is 4.74 Å². The van der Waals surface area contributed by atoms with Crippen LogP contribution >= 0.6 is 0 Å². The van der Waals surface area contributed by atoms with Crippen LogP contribution in [-0.2, 0) is 12.0 Å². The third-order valence-corrected chi connectivity index (χ3v) is 6.00. The molecule has 2 atom stereocenters. The van der Waals surface area contributed by atoms with Crippen molar-refractivity contribution < 1.29 is 9.84 Å². The molecule has 1 fully saturated rings. The van der Waals surface area contributed by atoms with Gasteiger partial charge in [0.2, 0.25) is 0 Å². The number of aliphatic hydroxyl groups excluding tert-OH is 1. The van der Waals surface area contributed by atoms with Crippen LogP contribution in [0.5, 0.6) is 5.75 Å². The number of benzene rings is 2.